The maximum absolute atomic E-state index is 12.1. The van der Waals surface area contributed by atoms with Crippen LogP contribution in [0, 0.1) is 0 Å². The molecular formula is C45H74N3O20PS4V. The summed E-state index contributed by atoms with van der Waals surface area (Å²) in [6, 6.07) is 0. The standard InChI is InChI=1S/C21H33NO10S2.C18H30O9S2.C6H9NO.H2NP.V/c1-3-27-10-11-28-12-13-30-19(25)14-32-20(26)15-31-18(24)8-7-17(34-21(33)29-4-2)22-9-5-6-16(22)23;1-6-22-8-9-23-10-11-25-15(19)12(3)26-16(20)13(4)27-17(21)14(5)29-18(28)24-7-2;1-2-7-5-3-4-6(7)8;1-2;/h17H,3-15H2,1-2H3;12-14H,6-11H2,1-5H3;2H,1,3-5H2;2H2;. The van der Waals surface area contributed by atoms with E-state index in [1.54, 1.807) is 36.8 Å². The third kappa shape index (κ3) is 39.1. The molecule has 5 unspecified atom stereocenters. The number of esters is 6. The van der Waals surface area contributed by atoms with Gasteiger partial charge in [-0.2, -0.15) is 0 Å². The first-order valence-corrected chi connectivity index (χ1v) is 27.3. The molecule has 0 N–H and O–H groups in total. The van der Waals surface area contributed by atoms with Crippen molar-refractivity contribution in [3.63, 3.8) is 0 Å². The van der Waals surface area contributed by atoms with Crippen molar-refractivity contribution in [2.45, 2.75) is 110 Å². The number of carbonyl (C=O) groups excluding carboxylic acids is 8. The number of amides is 2. The molecule has 0 aromatic heterocycles. The molecule has 0 spiro atoms. The Morgan fingerprint density at radius 3 is 1.58 bits per heavy atom. The van der Waals surface area contributed by atoms with E-state index in [0.717, 1.165) is 31.1 Å². The van der Waals surface area contributed by atoms with Crippen molar-refractivity contribution in [2.75, 3.05) is 106 Å². The Morgan fingerprint density at radius 2 is 1.09 bits per heavy atom. The fourth-order valence-corrected chi connectivity index (χ4v) is 7.92. The van der Waals surface area contributed by atoms with Crippen LogP contribution in [0.15, 0.2) is 16.3 Å². The number of hydrogen-bond donors (Lipinski definition) is 0. The number of rotatable bonds is 32. The van der Waals surface area contributed by atoms with Crippen molar-refractivity contribution in [2.24, 2.45) is 3.56 Å². The van der Waals surface area contributed by atoms with Crippen molar-refractivity contribution >= 4 is 114 Å². The molecule has 0 bridgehead atoms. The Morgan fingerprint density at radius 1 is 0.635 bits per heavy atom. The predicted octanol–water partition coefficient (Wildman–Crippen LogP) is 4.60. The Kier molecular flexibility index (Phi) is 47.2. The number of likely N-dealkylation sites (tertiary alicyclic amines) is 2. The van der Waals surface area contributed by atoms with Crippen LogP contribution in [0.1, 0.15) is 87.0 Å². The van der Waals surface area contributed by atoms with E-state index in [1.807, 2.05) is 13.8 Å². The van der Waals surface area contributed by atoms with Crippen molar-refractivity contribution in [1.29, 1.82) is 0 Å². The molecular weight excluding hydrogens is 1110 g/mol. The summed E-state index contributed by atoms with van der Waals surface area (Å²) in [6.07, 6.45) is 2.40. The number of hydrogen-bond acceptors (Lipinski definition) is 25. The fourth-order valence-electron chi connectivity index (χ4n) is 5.29. The van der Waals surface area contributed by atoms with Crippen LogP contribution in [0.25, 0.3) is 0 Å². The number of thiocarbonyl (C=S) groups is 2. The second kappa shape index (κ2) is 48.0. The van der Waals surface area contributed by atoms with E-state index < -0.39 is 66.5 Å². The van der Waals surface area contributed by atoms with Crippen molar-refractivity contribution in [3.8, 4) is 0 Å². The second-order valence-electron chi connectivity index (χ2n) is 14.4. The van der Waals surface area contributed by atoms with Gasteiger partial charge in [0.1, 0.15) is 18.5 Å². The van der Waals surface area contributed by atoms with Crippen LogP contribution in [-0.2, 0) is 112 Å². The van der Waals surface area contributed by atoms with Gasteiger partial charge in [0, 0.05) is 45.6 Å². The summed E-state index contributed by atoms with van der Waals surface area (Å²) in [5.41, 5.74) is 0. The third-order valence-corrected chi connectivity index (χ3v) is 11.6. The Bertz CT molecular complexity index is 1730. The molecule has 2 aliphatic heterocycles. The molecule has 2 fully saturated rings. The summed E-state index contributed by atoms with van der Waals surface area (Å²) < 4.78 is 64.3. The average Bonchev–Trinajstić information content (AvgIpc) is 4.00. The van der Waals surface area contributed by atoms with Crippen LogP contribution in [0.2, 0.25) is 0 Å². The van der Waals surface area contributed by atoms with Gasteiger partial charge in [-0.3, -0.25) is 19.2 Å². The predicted molar refractivity (Wildman–Crippen MR) is 280 cm³/mol. The molecule has 0 aliphatic carbocycles. The van der Waals surface area contributed by atoms with Gasteiger partial charge in [-0.15, -0.1) is 0 Å². The average molecular weight is 1190 g/mol. The number of carbonyl (C=O) groups is 8. The number of ether oxygens (including phenoxy) is 12. The van der Waals surface area contributed by atoms with Crippen LogP contribution in [0.5, 0.6) is 0 Å². The first-order chi connectivity index (χ1) is 35.3. The van der Waals surface area contributed by atoms with Crippen molar-refractivity contribution in [3.05, 3.63) is 12.8 Å². The molecule has 5 atom stereocenters. The van der Waals surface area contributed by atoms with E-state index in [9.17, 15) is 38.4 Å². The number of nitrogens with zero attached hydrogens (tertiary/aromatic N) is 3. The molecule has 74 heavy (non-hydrogen) atoms. The van der Waals surface area contributed by atoms with Crippen LogP contribution < -0.4 is 0 Å². The zero-order chi connectivity index (χ0) is 56.1. The molecule has 2 saturated heterocycles. The molecule has 0 radical (unpaired) electrons. The molecule has 0 aromatic carbocycles. The molecule has 29 heteroatoms. The molecule has 0 aromatic rings. The normalized spacial score (nSPS) is 14.0. The summed E-state index contributed by atoms with van der Waals surface area (Å²) >= 11 is 14.4. The zero-order valence-electron chi connectivity index (χ0n) is 43.3. The summed E-state index contributed by atoms with van der Waals surface area (Å²) in [6.45, 7) is 19.5. The molecule has 423 valence electrons. The van der Waals surface area contributed by atoms with Gasteiger partial charge in [0.2, 0.25) is 20.6 Å². The van der Waals surface area contributed by atoms with Crippen LogP contribution in [0.3, 0.4) is 0 Å². The van der Waals surface area contributed by atoms with Gasteiger partial charge in [0.25, 0.3) is 0 Å². The molecule has 2 amide bonds. The van der Waals surface area contributed by atoms with E-state index in [1.165, 1.54) is 25.6 Å². The molecule has 0 saturated carbocycles. The SMILES string of the molecule is C=CN1CCCC1=O.CCOCCOCCOC(=O)C(C)OC(=O)C(C)OC(=O)C(C)SC(=S)OCC.CCOCCOCCOC(=O)COC(=O)COC(=O)CCC(SC(=S)OCC)N1CCCC1=O.P[N]=[V]. The minimum absolute atomic E-state index is 0.00213. The summed E-state index contributed by atoms with van der Waals surface area (Å²) in [5.74, 6) is -4.29. The summed E-state index contributed by atoms with van der Waals surface area (Å²) in [4.78, 5) is 97.2. The first kappa shape index (κ1) is 72.7. The van der Waals surface area contributed by atoms with Gasteiger partial charge in [0.15, 0.2) is 25.4 Å². The monoisotopic (exact) mass is 1190 g/mol. The third-order valence-electron chi connectivity index (χ3n) is 8.81. The first-order valence-electron chi connectivity index (χ1n) is 23.6. The van der Waals surface area contributed by atoms with E-state index in [4.69, 9.17) is 81.3 Å². The van der Waals surface area contributed by atoms with Crippen molar-refractivity contribution < 1.29 is 112 Å². The van der Waals surface area contributed by atoms with Crippen LogP contribution in [0.4, 0.5) is 0 Å². The maximum atomic E-state index is 12.1. The molecule has 2 aliphatic rings. The molecule has 2 heterocycles. The van der Waals surface area contributed by atoms with Gasteiger partial charge in [0.05, 0.1) is 58.2 Å². The minimum atomic E-state index is -1.19. The van der Waals surface area contributed by atoms with Gasteiger partial charge >= 0.3 is 66.0 Å². The second-order valence-corrected chi connectivity index (χ2v) is 19.4. The van der Waals surface area contributed by atoms with Gasteiger partial charge < -0.3 is 66.6 Å². The van der Waals surface area contributed by atoms with Crippen LogP contribution >= 0.6 is 57.4 Å². The summed E-state index contributed by atoms with van der Waals surface area (Å²) in [5, 5.41) is -1.01. The van der Waals surface area contributed by atoms with E-state index in [2.05, 4.69) is 36.8 Å². The number of thioether (sulfide) groups is 2. The van der Waals surface area contributed by atoms with Gasteiger partial charge in [-0.1, -0.05) is 30.1 Å². The van der Waals surface area contributed by atoms with Crippen LogP contribution in [-0.4, -0.2) is 195 Å². The van der Waals surface area contributed by atoms with Gasteiger partial charge in [-0.25, -0.2) is 19.2 Å². The Hall–Kier alpha value is -3.37. The zero-order valence-corrected chi connectivity index (χ0v) is 49.1. The molecule has 2 rings (SSSR count). The Labute approximate surface area is 465 Å². The molecule has 23 nitrogen and oxygen atoms in total. The van der Waals surface area contributed by atoms with E-state index >= 15 is 0 Å². The summed E-state index contributed by atoms with van der Waals surface area (Å²) in [7, 11) is 2.18. The quantitative estimate of drug-likeness (QED) is 0.0293. The fraction of sp³-hybridized carbons (Fsp3) is 0.733. The Balaban J connectivity index is 0. The topological polar surface area (TPSA) is 266 Å². The van der Waals surface area contributed by atoms with E-state index in [0.29, 0.717) is 76.6 Å². The van der Waals surface area contributed by atoms with Gasteiger partial charge in [-0.05, 0) is 98.4 Å². The van der Waals surface area contributed by atoms with Crippen molar-refractivity contribution in [1.82, 2.24) is 9.80 Å². The van der Waals surface area contributed by atoms with E-state index in [-0.39, 0.29) is 60.8 Å².